The molecule has 0 aromatic rings. The molecule has 0 bridgehead atoms. The average molecular weight is 357 g/mol. The molecule has 6 heavy (non-hydrogen) atoms. The summed E-state index contributed by atoms with van der Waals surface area (Å²) in [4.78, 5) is 6.92. The number of hydrogen-bond donors (Lipinski definition) is 0. The molecule has 0 amide bonds. The van der Waals surface area contributed by atoms with Crippen LogP contribution in [0.15, 0.2) is 0 Å². The van der Waals surface area contributed by atoms with E-state index in [1.807, 2.05) is 0 Å². The molecule has 0 saturated heterocycles. The van der Waals surface area contributed by atoms with Gasteiger partial charge in [-0.2, -0.15) is 0 Å². The van der Waals surface area contributed by atoms with Crippen LogP contribution < -0.4 is 0 Å². The Hall–Kier alpha value is 4.78. The Labute approximate surface area is 159 Å². The Kier molecular flexibility index (Phi) is 170. The molecule has 0 fully saturated rings. The van der Waals surface area contributed by atoms with Gasteiger partial charge in [0.2, 0.25) is 0 Å². The molecular weight excluding hydrogens is 349 g/mol. The van der Waals surface area contributed by atoms with Gasteiger partial charge in [-0.1, -0.05) is 0 Å². The minimum atomic E-state index is 0. The molecule has 31 valence electrons. The Balaban J connectivity index is -0.000000000833. The van der Waals surface area contributed by atoms with Crippen molar-refractivity contribution in [1.82, 2.24) is 0 Å². The normalized spacial score (nSPS) is 0.333. The molecule has 0 aliphatic rings. The maximum absolute atomic E-state index is 6.92. The zero-order chi connectivity index (χ0) is 2.00. The van der Waals surface area contributed by atoms with Gasteiger partial charge in [-0.15, -0.1) is 0 Å². The average Bonchev–Trinajstić information content (AvgIpc) is 1.00. The molecule has 0 rings (SSSR count). The van der Waals surface area contributed by atoms with Gasteiger partial charge in [-0.3, -0.25) is 4.89 Å². The number of hydrogen-bond acceptors (Lipinski definition) is 1. The van der Waals surface area contributed by atoms with E-state index < -0.39 is 0 Å². The first-order chi connectivity index (χ1) is 1.00. The zero-order valence-corrected chi connectivity index (χ0v) is 4.98. The number of nitrogens with zero attached hydrogens (tertiary/aromatic N) is 1. The third kappa shape index (κ3) is 23.3. The molecular formula is H8AlCaEuNSiSr. The van der Waals surface area contributed by atoms with E-state index in [1.165, 1.54) is 9.88 Å². The third-order valence-corrected chi connectivity index (χ3v) is 0. The van der Waals surface area contributed by atoms with E-state index in [9.17, 15) is 0 Å². The SMILES string of the molecule is N#[SiH].[AlH3].[CaH2].[Eu].[SrH2]. The van der Waals surface area contributed by atoms with Crippen LogP contribution in [0.25, 0.3) is 0 Å². The van der Waals surface area contributed by atoms with Crippen LogP contribution in [0.1, 0.15) is 0 Å². The van der Waals surface area contributed by atoms with Crippen LogP contribution in [0, 0.1) is 54.3 Å². The van der Waals surface area contributed by atoms with Crippen molar-refractivity contribution in [3.8, 4) is 0 Å². The minimum absolute atomic E-state index is 0. The van der Waals surface area contributed by atoms with Crippen molar-refractivity contribution < 1.29 is 49.4 Å². The summed E-state index contributed by atoms with van der Waals surface area (Å²) in [7, 11) is 1.42. The van der Waals surface area contributed by atoms with Gasteiger partial charge < -0.3 is 0 Å². The van der Waals surface area contributed by atoms with Gasteiger partial charge in [0.25, 0.3) is 0 Å². The van der Waals surface area contributed by atoms with Gasteiger partial charge >= 0.3 is 83.2 Å². The first kappa shape index (κ1) is 30.9. The molecule has 0 N–H and O–H groups in total. The first-order valence-corrected chi connectivity index (χ1v) is 0.775. The van der Waals surface area contributed by atoms with Gasteiger partial charge in [-0.05, 0) is 0 Å². The van der Waals surface area contributed by atoms with Crippen LogP contribution in [-0.4, -0.2) is 110 Å². The first-order valence-electron chi connectivity index (χ1n) is 0.258. The van der Waals surface area contributed by atoms with E-state index in [-0.39, 0.29) is 150 Å². The summed E-state index contributed by atoms with van der Waals surface area (Å²) in [6.07, 6.45) is 0. The summed E-state index contributed by atoms with van der Waals surface area (Å²) in [6.45, 7) is 0. The fraction of sp³-hybridized carbons (Fsp3) is 0. The summed E-state index contributed by atoms with van der Waals surface area (Å²) >= 11 is 0. The van der Waals surface area contributed by atoms with Gasteiger partial charge in [0, 0.05) is 49.4 Å². The van der Waals surface area contributed by atoms with Gasteiger partial charge in [0.05, 0.1) is 0 Å². The van der Waals surface area contributed by atoms with E-state index in [0.717, 1.165) is 0 Å². The van der Waals surface area contributed by atoms with Crippen LogP contribution >= 0.6 is 0 Å². The molecule has 1 nitrogen and oxygen atoms in total. The van der Waals surface area contributed by atoms with E-state index in [0.29, 0.717) is 0 Å². The molecule has 0 saturated carbocycles. The Morgan fingerprint density at radius 2 is 1.17 bits per heavy atom. The molecule has 0 aliphatic heterocycles. The zero-order valence-electron chi connectivity index (χ0n) is 1.40. The van der Waals surface area contributed by atoms with Crippen LogP contribution in [0.3, 0.4) is 0 Å². The Morgan fingerprint density at radius 1 is 1.17 bits per heavy atom. The van der Waals surface area contributed by atoms with Crippen molar-refractivity contribution in [3.63, 3.8) is 0 Å². The third-order valence-electron chi connectivity index (χ3n) is 0. The van der Waals surface area contributed by atoms with Crippen molar-refractivity contribution in [3.05, 3.63) is 0 Å². The summed E-state index contributed by atoms with van der Waals surface area (Å²) in [6, 6.07) is 0. The van der Waals surface area contributed by atoms with E-state index in [2.05, 4.69) is 0 Å². The van der Waals surface area contributed by atoms with Gasteiger partial charge in [0.15, 0.2) is 27.2 Å². The van der Waals surface area contributed by atoms with Crippen molar-refractivity contribution in [2.45, 2.75) is 0 Å². The van der Waals surface area contributed by atoms with Crippen molar-refractivity contribution in [1.29, 1.82) is 4.89 Å². The van der Waals surface area contributed by atoms with Gasteiger partial charge in [0.1, 0.15) is 0 Å². The van der Waals surface area contributed by atoms with Crippen molar-refractivity contribution in [2.24, 2.45) is 0 Å². The second-order valence-corrected chi connectivity index (χ2v) is 0. The quantitative estimate of drug-likeness (QED) is 0.411. The Bertz CT molecular complexity index is 20.3. The summed E-state index contributed by atoms with van der Waals surface area (Å²) in [5.41, 5.74) is 0. The molecule has 0 aromatic heterocycles. The van der Waals surface area contributed by atoms with Crippen molar-refractivity contribution in [2.75, 3.05) is 0 Å². The standard InChI is InChI=1S/Al.Ca.Eu.HNSi.Sr.7H/c;;;1-2;;;;;;;;/h;;;2H;;;;;;;;. The fourth-order valence-corrected chi connectivity index (χ4v) is 0. The van der Waals surface area contributed by atoms with Crippen LogP contribution in [0.2, 0.25) is 0 Å². The summed E-state index contributed by atoms with van der Waals surface area (Å²) in [5, 5.41) is 0. The second kappa shape index (κ2) is 33.0. The number of rotatable bonds is 0. The van der Waals surface area contributed by atoms with E-state index in [4.69, 9.17) is 4.89 Å². The molecule has 0 heterocycles. The van der Waals surface area contributed by atoms with Crippen LogP contribution in [0.4, 0.5) is 0 Å². The fourth-order valence-electron chi connectivity index (χ4n) is 0. The molecule has 0 aliphatic carbocycles. The predicted molar refractivity (Wildman–Crippen MR) is 35.9 cm³/mol. The maximum atomic E-state index is 6.92. The topological polar surface area (TPSA) is 23.8 Å². The molecule has 0 spiro atoms. The molecule has 6 heteroatoms. The van der Waals surface area contributed by atoms with Gasteiger partial charge in [-0.25, -0.2) is 0 Å². The summed E-state index contributed by atoms with van der Waals surface area (Å²) in [5.74, 6) is 0. The van der Waals surface area contributed by atoms with Crippen LogP contribution in [0.5, 0.6) is 0 Å². The predicted octanol–water partition coefficient (Wildman–Crippen LogP) is -3.65. The van der Waals surface area contributed by atoms with Crippen LogP contribution in [-0.2, 0) is 0 Å². The molecule has 0 atom stereocenters. The Morgan fingerprint density at radius 3 is 1.17 bits per heavy atom. The summed E-state index contributed by atoms with van der Waals surface area (Å²) < 4.78 is 0. The molecule has 1 radical (unpaired) electrons. The monoisotopic (exact) mass is 358 g/mol. The molecule has 0 unspecified atom stereocenters. The molecule has 0 aromatic carbocycles. The van der Waals surface area contributed by atoms with E-state index in [1.54, 1.807) is 0 Å². The van der Waals surface area contributed by atoms with Crippen molar-refractivity contribution >= 4 is 110 Å². The van der Waals surface area contributed by atoms with E-state index >= 15 is 0 Å². The second-order valence-electron chi connectivity index (χ2n) is 0.